The first-order valence-electron chi connectivity index (χ1n) is 4.24. The molecule has 12 heavy (non-hydrogen) atoms. The highest BCUT2D eigenvalue weighted by Gasteiger charge is 2.18. The third-order valence-electron chi connectivity index (χ3n) is 2.17. The molecule has 0 radical (unpaired) electrons. The molecule has 4 nitrogen and oxygen atoms in total. The summed E-state index contributed by atoms with van der Waals surface area (Å²) in [7, 11) is 0. The number of H-pyrrole nitrogens is 1. The van der Waals surface area contributed by atoms with E-state index < -0.39 is 0 Å². The number of nitrogens with one attached hydrogen (secondary N) is 1. The van der Waals surface area contributed by atoms with Crippen LogP contribution in [0.4, 0.5) is 0 Å². The fourth-order valence-electron chi connectivity index (χ4n) is 1.34. The van der Waals surface area contributed by atoms with Crippen LogP contribution in [0.2, 0.25) is 0 Å². The minimum absolute atomic E-state index is 0.323. The first-order valence-corrected chi connectivity index (χ1v) is 4.24. The Morgan fingerprint density at radius 2 is 2.08 bits per heavy atom. The van der Waals surface area contributed by atoms with Crippen LogP contribution < -0.4 is 5.73 Å². The number of rotatable bonds is 3. The number of hydrogen-bond acceptors (Lipinski definition) is 3. The molecule has 1 atom stereocenters. The van der Waals surface area contributed by atoms with Gasteiger partial charge in [0, 0.05) is 12.5 Å². The van der Waals surface area contributed by atoms with Gasteiger partial charge in [0.2, 0.25) is 0 Å². The van der Waals surface area contributed by atoms with Gasteiger partial charge in [-0.1, -0.05) is 13.8 Å². The van der Waals surface area contributed by atoms with Crippen LogP contribution in [0.1, 0.15) is 31.2 Å². The van der Waals surface area contributed by atoms with Crippen molar-refractivity contribution in [2.24, 2.45) is 11.7 Å². The van der Waals surface area contributed by atoms with Crippen LogP contribution in [0.3, 0.4) is 0 Å². The lowest BCUT2D eigenvalue weighted by Gasteiger charge is -2.16. The second-order valence-corrected chi connectivity index (χ2v) is 3.38. The predicted molar refractivity (Wildman–Crippen MR) is 47.8 cm³/mol. The molecule has 0 saturated carbocycles. The van der Waals surface area contributed by atoms with Gasteiger partial charge < -0.3 is 5.73 Å². The Morgan fingerprint density at radius 3 is 2.42 bits per heavy atom. The normalized spacial score (nSPS) is 13.8. The van der Waals surface area contributed by atoms with Crippen molar-refractivity contribution in [3.63, 3.8) is 0 Å². The Kier molecular flexibility index (Phi) is 2.81. The van der Waals surface area contributed by atoms with Gasteiger partial charge in [-0.25, -0.2) is 0 Å². The molecular weight excluding hydrogens is 152 g/mol. The third kappa shape index (κ3) is 1.64. The van der Waals surface area contributed by atoms with Gasteiger partial charge in [-0.3, -0.25) is 0 Å². The number of nitrogens with zero attached hydrogens (tertiary/aromatic N) is 2. The van der Waals surface area contributed by atoms with Gasteiger partial charge in [-0.05, 0) is 12.8 Å². The molecule has 0 fully saturated rings. The summed E-state index contributed by atoms with van der Waals surface area (Å²) in [4.78, 5) is 0. The van der Waals surface area contributed by atoms with Gasteiger partial charge in [-0.15, -0.1) is 0 Å². The summed E-state index contributed by atoms with van der Waals surface area (Å²) >= 11 is 0. The molecule has 0 spiro atoms. The fourth-order valence-corrected chi connectivity index (χ4v) is 1.34. The van der Waals surface area contributed by atoms with Gasteiger partial charge in [0.1, 0.15) is 0 Å². The van der Waals surface area contributed by atoms with E-state index in [1.807, 2.05) is 6.92 Å². The highest BCUT2D eigenvalue weighted by Crippen LogP contribution is 2.22. The second kappa shape index (κ2) is 3.67. The van der Waals surface area contributed by atoms with Gasteiger partial charge >= 0.3 is 0 Å². The first-order chi connectivity index (χ1) is 5.66. The molecule has 0 aliphatic heterocycles. The monoisotopic (exact) mass is 168 g/mol. The molecule has 1 aromatic rings. The van der Waals surface area contributed by atoms with E-state index in [1.165, 1.54) is 0 Å². The largest absolute Gasteiger partial charge is 0.330 e. The van der Waals surface area contributed by atoms with E-state index in [9.17, 15) is 0 Å². The number of aromatic amines is 1. The van der Waals surface area contributed by atoms with Gasteiger partial charge in [-0.2, -0.15) is 15.4 Å². The lowest BCUT2D eigenvalue weighted by molar-refractivity contribution is 0.493. The Morgan fingerprint density at radius 1 is 1.42 bits per heavy atom. The lowest BCUT2D eigenvalue weighted by atomic mass is 9.92. The van der Waals surface area contributed by atoms with E-state index in [-0.39, 0.29) is 0 Å². The zero-order chi connectivity index (χ0) is 9.14. The molecule has 0 amide bonds. The highest BCUT2D eigenvalue weighted by atomic mass is 15.3. The van der Waals surface area contributed by atoms with Gasteiger partial charge in [0.25, 0.3) is 0 Å². The topological polar surface area (TPSA) is 67.6 Å². The van der Waals surface area contributed by atoms with Gasteiger partial charge in [0.05, 0.1) is 11.4 Å². The van der Waals surface area contributed by atoms with Crippen molar-refractivity contribution >= 4 is 0 Å². The second-order valence-electron chi connectivity index (χ2n) is 3.38. The molecule has 0 aliphatic rings. The molecule has 0 aromatic carbocycles. The fraction of sp³-hybridized carbons (Fsp3) is 0.750. The third-order valence-corrected chi connectivity index (χ3v) is 2.17. The molecule has 0 aliphatic carbocycles. The average molecular weight is 168 g/mol. The van der Waals surface area contributed by atoms with E-state index in [0.29, 0.717) is 18.4 Å². The lowest BCUT2D eigenvalue weighted by Crippen LogP contribution is -2.19. The van der Waals surface area contributed by atoms with E-state index >= 15 is 0 Å². The Balaban J connectivity index is 2.87. The SMILES string of the molecule is Cc1n[nH]nc1C(CN)C(C)C. The molecule has 1 heterocycles. The summed E-state index contributed by atoms with van der Waals surface area (Å²) in [6.07, 6.45) is 0. The van der Waals surface area contributed by atoms with Crippen molar-refractivity contribution in [2.75, 3.05) is 6.54 Å². The average Bonchev–Trinajstić information content (AvgIpc) is 2.38. The van der Waals surface area contributed by atoms with Crippen molar-refractivity contribution in [3.8, 4) is 0 Å². The highest BCUT2D eigenvalue weighted by molar-refractivity contribution is 5.13. The number of hydrogen-bond donors (Lipinski definition) is 2. The Hall–Kier alpha value is -0.900. The Labute approximate surface area is 72.5 Å². The maximum atomic E-state index is 5.65. The summed E-state index contributed by atoms with van der Waals surface area (Å²) in [6.45, 7) is 6.87. The van der Waals surface area contributed by atoms with E-state index in [0.717, 1.165) is 11.4 Å². The van der Waals surface area contributed by atoms with E-state index in [4.69, 9.17) is 5.73 Å². The standard InChI is InChI=1S/C8H16N4/c1-5(2)7(4-9)8-6(3)10-12-11-8/h5,7H,4,9H2,1-3H3,(H,10,11,12). The number of aromatic nitrogens is 3. The zero-order valence-electron chi connectivity index (χ0n) is 7.83. The summed E-state index contributed by atoms with van der Waals surface area (Å²) < 4.78 is 0. The minimum atomic E-state index is 0.323. The molecular formula is C8H16N4. The van der Waals surface area contributed by atoms with Crippen molar-refractivity contribution in [2.45, 2.75) is 26.7 Å². The van der Waals surface area contributed by atoms with Crippen LogP contribution in [0.15, 0.2) is 0 Å². The first kappa shape index (κ1) is 9.19. The van der Waals surface area contributed by atoms with Crippen LogP contribution in [-0.2, 0) is 0 Å². The molecule has 68 valence electrons. The summed E-state index contributed by atoms with van der Waals surface area (Å²) in [6, 6.07) is 0. The van der Waals surface area contributed by atoms with E-state index in [1.54, 1.807) is 0 Å². The summed E-state index contributed by atoms with van der Waals surface area (Å²) in [5.74, 6) is 0.836. The van der Waals surface area contributed by atoms with Crippen molar-refractivity contribution in [1.82, 2.24) is 15.4 Å². The summed E-state index contributed by atoms with van der Waals surface area (Å²) in [5.41, 5.74) is 7.62. The van der Waals surface area contributed by atoms with Crippen LogP contribution in [0.25, 0.3) is 0 Å². The van der Waals surface area contributed by atoms with Gasteiger partial charge in [0.15, 0.2) is 0 Å². The zero-order valence-corrected chi connectivity index (χ0v) is 7.83. The van der Waals surface area contributed by atoms with E-state index in [2.05, 4.69) is 29.3 Å². The summed E-state index contributed by atoms with van der Waals surface area (Å²) in [5, 5.41) is 10.7. The Bertz CT molecular complexity index is 241. The number of aryl methyl sites for hydroxylation is 1. The smallest absolute Gasteiger partial charge is 0.0899 e. The predicted octanol–water partition coefficient (Wildman–Crippen LogP) is 0.811. The van der Waals surface area contributed by atoms with Crippen molar-refractivity contribution in [1.29, 1.82) is 0 Å². The van der Waals surface area contributed by atoms with Crippen molar-refractivity contribution in [3.05, 3.63) is 11.4 Å². The van der Waals surface area contributed by atoms with Crippen molar-refractivity contribution < 1.29 is 0 Å². The molecule has 4 heteroatoms. The molecule has 0 saturated heterocycles. The molecule has 3 N–H and O–H groups in total. The quantitative estimate of drug-likeness (QED) is 0.701. The maximum Gasteiger partial charge on any atom is 0.0899 e. The maximum absolute atomic E-state index is 5.65. The van der Waals surface area contributed by atoms with Crippen LogP contribution in [-0.4, -0.2) is 22.0 Å². The molecule has 0 bridgehead atoms. The number of nitrogens with two attached hydrogens (primary N) is 1. The molecule has 1 aromatic heterocycles. The van der Waals surface area contributed by atoms with Crippen LogP contribution >= 0.6 is 0 Å². The minimum Gasteiger partial charge on any atom is -0.330 e. The molecule has 1 rings (SSSR count). The molecule has 1 unspecified atom stereocenters. The van der Waals surface area contributed by atoms with Crippen LogP contribution in [0, 0.1) is 12.8 Å². The van der Waals surface area contributed by atoms with Crippen LogP contribution in [0.5, 0.6) is 0 Å².